The normalized spacial score (nSPS) is 9.88. The predicted molar refractivity (Wildman–Crippen MR) is 92.7 cm³/mol. The fourth-order valence-corrected chi connectivity index (χ4v) is 2.12. The van der Waals surface area contributed by atoms with Crippen molar-refractivity contribution in [3.63, 3.8) is 0 Å². The van der Waals surface area contributed by atoms with E-state index in [1.165, 1.54) is 6.92 Å². The Balaban J connectivity index is 1.95. The number of carbonyl (C=O) groups excluding carboxylic acids is 3. The minimum Gasteiger partial charge on any atom is -0.351 e. The maximum Gasteiger partial charge on any atom is 0.316 e. The van der Waals surface area contributed by atoms with Gasteiger partial charge in [-0.15, -0.1) is 0 Å². The lowest BCUT2D eigenvalue weighted by molar-refractivity contribution is -0.116. The number of urea groups is 1. The number of anilines is 3. The molecule has 2 rings (SSSR count). The van der Waals surface area contributed by atoms with Crippen molar-refractivity contribution >= 4 is 34.9 Å². The summed E-state index contributed by atoms with van der Waals surface area (Å²) >= 11 is 0. The Morgan fingerprint density at radius 1 is 0.875 bits per heavy atom. The molecule has 0 fully saturated rings. The maximum atomic E-state index is 12.1. The van der Waals surface area contributed by atoms with Gasteiger partial charge in [-0.25, -0.2) is 4.79 Å². The van der Waals surface area contributed by atoms with Gasteiger partial charge < -0.3 is 21.7 Å². The van der Waals surface area contributed by atoms with Gasteiger partial charge in [0.05, 0.1) is 6.42 Å². The third-order valence-corrected chi connectivity index (χ3v) is 3.05. The van der Waals surface area contributed by atoms with Crippen molar-refractivity contribution in [2.45, 2.75) is 13.3 Å². The van der Waals surface area contributed by atoms with Gasteiger partial charge in [0.15, 0.2) is 0 Å². The number of amides is 4. The molecule has 0 saturated heterocycles. The van der Waals surface area contributed by atoms with E-state index in [0.717, 1.165) is 5.56 Å². The molecule has 4 amide bonds. The van der Waals surface area contributed by atoms with E-state index in [1.54, 1.807) is 48.5 Å². The zero-order valence-corrected chi connectivity index (χ0v) is 13.1. The van der Waals surface area contributed by atoms with Gasteiger partial charge in [-0.1, -0.05) is 18.2 Å². The molecule has 124 valence electrons. The van der Waals surface area contributed by atoms with Crippen LogP contribution in [-0.4, -0.2) is 17.8 Å². The summed E-state index contributed by atoms with van der Waals surface area (Å²) in [6, 6.07) is 13.0. The van der Waals surface area contributed by atoms with E-state index >= 15 is 0 Å². The number of nitrogens with one attached hydrogen (secondary N) is 3. The van der Waals surface area contributed by atoms with Crippen LogP contribution in [0.4, 0.5) is 21.9 Å². The number of carbonyl (C=O) groups is 3. The first kappa shape index (κ1) is 17.0. The minimum atomic E-state index is -0.669. The number of hydrogen-bond acceptors (Lipinski definition) is 3. The van der Waals surface area contributed by atoms with Crippen LogP contribution in [0.3, 0.4) is 0 Å². The average molecular weight is 326 g/mol. The van der Waals surface area contributed by atoms with Gasteiger partial charge in [0.2, 0.25) is 11.8 Å². The molecule has 0 spiro atoms. The number of nitrogens with two attached hydrogens (primary N) is 1. The molecule has 7 heteroatoms. The molecule has 0 atom stereocenters. The summed E-state index contributed by atoms with van der Waals surface area (Å²) in [5, 5.41) is 7.86. The van der Waals surface area contributed by atoms with Crippen molar-refractivity contribution < 1.29 is 14.4 Å². The van der Waals surface area contributed by atoms with Crippen molar-refractivity contribution in [2.24, 2.45) is 5.73 Å². The van der Waals surface area contributed by atoms with Gasteiger partial charge in [0.25, 0.3) is 0 Å². The molecular formula is C17H18N4O3. The Morgan fingerprint density at radius 2 is 1.50 bits per heavy atom. The number of hydrogen-bond donors (Lipinski definition) is 4. The second kappa shape index (κ2) is 7.77. The second-order valence-electron chi connectivity index (χ2n) is 5.17. The van der Waals surface area contributed by atoms with Gasteiger partial charge in [-0.2, -0.15) is 0 Å². The lowest BCUT2D eigenvalue weighted by Crippen LogP contribution is -2.19. The van der Waals surface area contributed by atoms with Gasteiger partial charge in [0, 0.05) is 24.0 Å². The maximum absolute atomic E-state index is 12.1. The third-order valence-electron chi connectivity index (χ3n) is 3.05. The highest BCUT2D eigenvalue weighted by molar-refractivity contribution is 5.94. The SMILES string of the molecule is CC(=O)Nc1ccc(CC(=O)Nc2cccc(NC(N)=O)c2)cc1. The minimum absolute atomic E-state index is 0.148. The standard InChI is InChI=1S/C17H18N4O3/c1-11(22)19-13-7-5-12(6-8-13)9-16(23)20-14-3-2-4-15(10-14)21-17(18)24/h2-8,10H,9H2,1H3,(H,19,22)(H,20,23)(H3,18,21,24). The van der Waals surface area contributed by atoms with E-state index in [1.807, 2.05) is 0 Å². The predicted octanol–water partition coefficient (Wildman–Crippen LogP) is 2.32. The Morgan fingerprint density at radius 3 is 2.08 bits per heavy atom. The fourth-order valence-electron chi connectivity index (χ4n) is 2.12. The molecule has 0 aliphatic carbocycles. The van der Waals surface area contributed by atoms with Crippen molar-refractivity contribution in [2.75, 3.05) is 16.0 Å². The summed E-state index contributed by atoms with van der Waals surface area (Å²) in [5.74, 6) is -0.344. The highest BCUT2D eigenvalue weighted by atomic mass is 16.2. The zero-order valence-electron chi connectivity index (χ0n) is 13.1. The molecule has 2 aromatic rings. The van der Waals surface area contributed by atoms with Crippen LogP contribution in [0.25, 0.3) is 0 Å². The van der Waals surface area contributed by atoms with Crippen LogP contribution in [0.5, 0.6) is 0 Å². The van der Waals surface area contributed by atoms with Crippen molar-refractivity contribution in [3.05, 3.63) is 54.1 Å². The summed E-state index contributed by atoms with van der Waals surface area (Å²) in [6.45, 7) is 1.43. The summed E-state index contributed by atoms with van der Waals surface area (Å²) in [4.78, 5) is 33.9. The molecule has 0 saturated carbocycles. The van der Waals surface area contributed by atoms with Crippen LogP contribution in [-0.2, 0) is 16.0 Å². The van der Waals surface area contributed by atoms with Crippen LogP contribution < -0.4 is 21.7 Å². The molecule has 0 bridgehead atoms. The van der Waals surface area contributed by atoms with Gasteiger partial charge in [-0.05, 0) is 35.9 Å². The highest BCUT2D eigenvalue weighted by Gasteiger charge is 2.06. The summed E-state index contributed by atoms with van der Waals surface area (Å²) in [6.07, 6.45) is 0.188. The largest absolute Gasteiger partial charge is 0.351 e. The topological polar surface area (TPSA) is 113 Å². The van der Waals surface area contributed by atoms with Crippen molar-refractivity contribution in [1.29, 1.82) is 0 Å². The Bertz CT molecular complexity index is 757. The molecular weight excluding hydrogens is 308 g/mol. The molecule has 2 aromatic carbocycles. The number of primary amides is 1. The summed E-state index contributed by atoms with van der Waals surface area (Å²) < 4.78 is 0. The Hall–Kier alpha value is -3.35. The van der Waals surface area contributed by atoms with Gasteiger partial charge in [-0.3, -0.25) is 9.59 Å². The highest BCUT2D eigenvalue weighted by Crippen LogP contribution is 2.16. The monoisotopic (exact) mass is 326 g/mol. The van der Waals surface area contributed by atoms with Crippen LogP contribution in [0.2, 0.25) is 0 Å². The van der Waals surface area contributed by atoms with Crippen LogP contribution >= 0.6 is 0 Å². The van der Waals surface area contributed by atoms with E-state index in [0.29, 0.717) is 17.1 Å². The summed E-state index contributed by atoms with van der Waals surface area (Å²) in [5.41, 5.74) is 7.60. The smallest absolute Gasteiger partial charge is 0.316 e. The van der Waals surface area contributed by atoms with E-state index in [9.17, 15) is 14.4 Å². The van der Waals surface area contributed by atoms with Gasteiger partial charge in [0.1, 0.15) is 0 Å². The molecule has 0 heterocycles. The molecule has 0 aliphatic heterocycles. The zero-order chi connectivity index (χ0) is 17.5. The van der Waals surface area contributed by atoms with Crippen LogP contribution in [0, 0.1) is 0 Å². The quantitative estimate of drug-likeness (QED) is 0.676. The Kier molecular flexibility index (Phi) is 5.51. The number of benzene rings is 2. The average Bonchev–Trinajstić information content (AvgIpc) is 2.48. The van der Waals surface area contributed by atoms with Crippen molar-refractivity contribution in [3.8, 4) is 0 Å². The molecule has 5 N–H and O–H groups in total. The van der Waals surface area contributed by atoms with Crippen molar-refractivity contribution in [1.82, 2.24) is 0 Å². The Labute approximate surface area is 139 Å². The van der Waals surface area contributed by atoms with E-state index in [2.05, 4.69) is 16.0 Å². The lowest BCUT2D eigenvalue weighted by atomic mass is 10.1. The molecule has 0 radical (unpaired) electrons. The lowest BCUT2D eigenvalue weighted by Gasteiger charge is -2.08. The second-order valence-corrected chi connectivity index (χ2v) is 5.17. The summed E-state index contributed by atoms with van der Waals surface area (Å²) in [7, 11) is 0. The fraction of sp³-hybridized carbons (Fsp3) is 0.118. The third kappa shape index (κ3) is 5.45. The molecule has 7 nitrogen and oxygen atoms in total. The van der Waals surface area contributed by atoms with E-state index < -0.39 is 6.03 Å². The number of rotatable bonds is 5. The van der Waals surface area contributed by atoms with Crippen LogP contribution in [0.15, 0.2) is 48.5 Å². The first-order valence-electron chi connectivity index (χ1n) is 7.25. The van der Waals surface area contributed by atoms with E-state index in [-0.39, 0.29) is 18.2 Å². The molecule has 0 aliphatic rings. The first-order chi connectivity index (χ1) is 11.4. The van der Waals surface area contributed by atoms with Crippen LogP contribution in [0.1, 0.15) is 12.5 Å². The molecule has 0 unspecified atom stereocenters. The van der Waals surface area contributed by atoms with Gasteiger partial charge >= 0.3 is 6.03 Å². The van der Waals surface area contributed by atoms with E-state index in [4.69, 9.17) is 5.73 Å². The first-order valence-corrected chi connectivity index (χ1v) is 7.25. The molecule has 0 aromatic heterocycles. The molecule has 24 heavy (non-hydrogen) atoms.